The maximum Gasteiger partial charge on any atom is 0.137 e. The van der Waals surface area contributed by atoms with E-state index >= 15 is 0 Å². The molecule has 0 fully saturated rings. The third-order valence-electron chi connectivity index (χ3n) is 0.498. The predicted octanol–water partition coefficient (Wildman–Crippen LogP) is 0.278. The summed E-state index contributed by atoms with van der Waals surface area (Å²) in [5.74, 6) is -0.125. The Morgan fingerprint density at radius 1 is 1.10 bits per heavy atom. The summed E-state index contributed by atoms with van der Waals surface area (Å²) < 4.78 is 0. The molecule has 1 radical (unpaired) electrons. The van der Waals surface area contributed by atoms with Gasteiger partial charge in [-0.15, -0.1) is 0 Å². The molecule has 0 N–H and O–H groups in total. The van der Waals surface area contributed by atoms with Crippen molar-refractivity contribution in [1.29, 1.82) is 0 Å². The van der Waals surface area contributed by atoms with Gasteiger partial charge in [-0.1, -0.05) is 0 Å². The van der Waals surface area contributed by atoms with Crippen LogP contribution in [0.5, 0.6) is 0 Å². The zero-order valence-electron chi connectivity index (χ0n) is 5.84. The minimum atomic E-state index is -0.0625. The second-order valence-electron chi connectivity index (χ2n) is 1.58. The molecule has 10 heavy (non-hydrogen) atoms. The number of Topliss-reactive ketones (excluding diaryl/α,β-unsaturated/α-hetero) is 2. The fourth-order valence-electron chi connectivity index (χ4n) is 0.351. The summed E-state index contributed by atoms with van der Waals surface area (Å²) >= 11 is 0. The van der Waals surface area contributed by atoms with Gasteiger partial charge in [-0.2, -0.15) is 0 Å². The Bertz CT molecular complexity index is 99.6. The van der Waals surface area contributed by atoms with Gasteiger partial charge in [0.2, 0.25) is 0 Å². The van der Waals surface area contributed by atoms with Crippen LogP contribution in [-0.2, 0) is 33.9 Å². The summed E-state index contributed by atoms with van der Waals surface area (Å²) in [6, 6.07) is 0. The van der Waals surface area contributed by atoms with E-state index in [0.29, 0.717) is 0 Å². The molecule has 0 amide bonds. The van der Waals surface area contributed by atoms with Crippen molar-refractivity contribution in [3.05, 3.63) is 0 Å². The first-order valence-corrected chi connectivity index (χ1v) is 2.35. The molecule has 0 saturated carbocycles. The zero-order valence-corrected chi connectivity index (χ0v) is 7.48. The van der Waals surface area contributed by atoms with Crippen molar-refractivity contribution in [2.24, 2.45) is 0 Å². The van der Waals surface area contributed by atoms with Crippen molar-refractivity contribution in [3.8, 4) is 0 Å². The average molecular weight is 232 g/mol. The molecule has 0 aromatic heterocycles. The maximum absolute atomic E-state index is 10.0. The van der Waals surface area contributed by atoms with Gasteiger partial charge in [0.25, 0.3) is 0 Å². The van der Waals surface area contributed by atoms with Crippen LogP contribution in [0, 0.1) is 0 Å². The molecular weight excluding hydrogens is 223 g/mol. The van der Waals surface area contributed by atoms with Gasteiger partial charge in [-0.05, 0) is 13.8 Å². The molecule has 0 rings (SSSR count). The van der Waals surface area contributed by atoms with Crippen molar-refractivity contribution < 1.29 is 33.9 Å². The quantitative estimate of drug-likeness (QED) is 0.297. The first-order valence-electron chi connectivity index (χ1n) is 2.35. The maximum atomic E-state index is 10.0. The molecule has 0 bridgehead atoms. The molecule has 0 atom stereocenters. The number of carbonyl (C=O) groups excluding carboxylic acids is 3. The smallest absolute Gasteiger partial charge is 0.137 e. The standard InChI is InChI=1S/C5H8O2.CHO.Rh/c1-4(6)3-5(2)7;1-2;/h3H2,1-2H3;1H;/q;-1;. The molecule has 0 spiro atoms. The van der Waals surface area contributed by atoms with Gasteiger partial charge in [0.1, 0.15) is 11.6 Å². The van der Waals surface area contributed by atoms with Crippen molar-refractivity contribution in [2.45, 2.75) is 20.3 Å². The zero-order chi connectivity index (χ0) is 7.86. The van der Waals surface area contributed by atoms with Crippen LogP contribution in [0.15, 0.2) is 0 Å². The van der Waals surface area contributed by atoms with E-state index in [1.165, 1.54) is 13.8 Å². The molecule has 0 unspecified atom stereocenters. The molecule has 0 saturated heterocycles. The first-order chi connectivity index (χ1) is 4.13. The van der Waals surface area contributed by atoms with Gasteiger partial charge >= 0.3 is 0 Å². The summed E-state index contributed by atoms with van der Waals surface area (Å²) in [6.07, 6.45) is 0.0833. The molecule has 0 aliphatic carbocycles. The second-order valence-corrected chi connectivity index (χ2v) is 1.58. The predicted molar refractivity (Wildman–Crippen MR) is 32.7 cm³/mol. The summed E-state index contributed by atoms with van der Waals surface area (Å²) in [4.78, 5) is 27.8. The third-order valence-corrected chi connectivity index (χ3v) is 0.498. The Labute approximate surface area is 72.9 Å². The van der Waals surface area contributed by atoms with E-state index in [2.05, 4.69) is 6.79 Å². The van der Waals surface area contributed by atoms with Gasteiger partial charge < -0.3 is 4.79 Å². The number of carbonyl (C=O) groups is 2. The normalized spacial score (nSPS) is 6.20. The number of rotatable bonds is 2. The summed E-state index contributed by atoms with van der Waals surface area (Å²) in [7, 11) is 0. The Morgan fingerprint density at radius 3 is 1.30 bits per heavy atom. The van der Waals surface area contributed by atoms with Crippen LogP contribution < -0.4 is 0 Å². The van der Waals surface area contributed by atoms with Crippen molar-refractivity contribution in [3.63, 3.8) is 0 Å². The first kappa shape index (κ1) is 16.3. The second kappa shape index (κ2) is 11.4. The van der Waals surface area contributed by atoms with E-state index in [0.717, 1.165) is 0 Å². The van der Waals surface area contributed by atoms with Crippen LogP contribution in [0.3, 0.4) is 0 Å². The Hall–Kier alpha value is -0.367. The van der Waals surface area contributed by atoms with E-state index in [4.69, 9.17) is 4.79 Å². The average Bonchev–Trinajstić information content (AvgIpc) is 1.68. The Kier molecular flexibility index (Phi) is 18.7. The molecule has 61 valence electrons. The monoisotopic (exact) mass is 232 g/mol. The van der Waals surface area contributed by atoms with E-state index in [1.807, 2.05) is 0 Å². The summed E-state index contributed by atoms with van der Waals surface area (Å²) in [5.41, 5.74) is 0. The van der Waals surface area contributed by atoms with E-state index in [9.17, 15) is 9.59 Å². The summed E-state index contributed by atoms with van der Waals surface area (Å²) in [6.45, 7) is 6.06. The molecule has 0 aromatic carbocycles. The van der Waals surface area contributed by atoms with E-state index < -0.39 is 0 Å². The van der Waals surface area contributed by atoms with Crippen molar-refractivity contribution in [2.75, 3.05) is 0 Å². The van der Waals surface area contributed by atoms with Crippen LogP contribution >= 0.6 is 0 Å². The topological polar surface area (TPSA) is 51.2 Å². The fourth-order valence-corrected chi connectivity index (χ4v) is 0.351. The molecule has 0 heterocycles. The SMILES string of the molecule is CC(=O)CC(C)=O.[CH-]=O.[Rh]. The van der Waals surface area contributed by atoms with Crippen LogP contribution in [0.25, 0.3) is 0 Å². The summed E-state index contributed by atoms with van der Waals surface area (Å²) in [5, 5.41) is 0. The van der Waals surface area contributed by atoms with Crippen LogP contribution in [0.1, 0.15) is 20.3 Å². The minimum Gasteiger partial charge on any atom is -0.545 e. The van der Waals surface area contributed by atoms with Crippen LogP contribution in [0.4, 0.5) is 0 Å². The molecule has 0 aliphatic rings. The van der Waals surface area contributed by atoms with Gasteiger partial charge in [-0.25, -0.2) is 0 Å². The van der Waals surface area contributed by atoms with E-state index in [1.54, 1.807) is 0 Å². The Morgan fingerprint density at radius 2 is 1.30 bits per heavy atom. The molecule has 0 aromatic rings. The minimum absolute atomic E-state index is 0. The molecular formula is C6H9O3Rh-. The van der Waals surface area contributed by atoms with Crippen LogP contribution in [0.2, 0.25) is 0 Å². The molecule has 0 aliphatic heterocycles. The van der Waals surface area contributed by atoms with Crippen molar-refractivity contribution >= 4 is 18.4 Å². The Balaban J connectivity index is -0.000000149. The third kappa shape index (κ3) is 25.4. The van der Waals surface area contributed by atoms with Gasteiger partial charge in [0, 0.05) is 19.5 Å². The number of hydrogen-bond acceptors (Lipinski definition) is 3. The van der Waals surface area contributed by atoms with Crippen LogP contribution in [-0.4, -0.2) is 18.4 Å². The molecule has 4 heteroatoms. The van der Waals surface area contributed by atoms with E-state index in [-0.39, 0.29) is 37.5 Å². The number of ketones is 2. The molecule has 3 nitrogen and oxygen atoms in total. The fraction of sp³-hybridized carbons (Fsp3) is 0.500. The van der Waals surface area contributed by atoms with Gasteiger partial charge in [0.15, 0.2) is 0 Å². The van der Waals surface area contributed by atoms with Gasteiger partial charge in [0.05, 0.1) is 6.42 Å². The largest absolute Gasteiger partial charge is 0.545 e. The van der Waals surface area contributed by atoms with Crippen molar-refractivity contribution in [1.82, 2.24) is 0 Å². The van der Waals surface area contributed by atoms with Gasteiger partial charge in [-0.3, -0.25) is 16.4 Å². The number of hydrogen-bond donors (Lipinski definition) is 0.